The van der Waals surface area contributed by atoms with Crippen LogP contribution in [0.2, 0.25) is 0 Å². The number of aryl methyl sites for hydroxylation is 1. The lowest BCUT2D eigenvalue weighted by Crippen LogP contribution is -2.45. The first-order valence-electron chi connectivity index (χ1n) is 7.67. The Kier molecular flexibility index (Phi) is 5.18. The molecule has 3 nitrogen and oxygen atoms in total. The van der Waals surface area contributed by atoms with Crippen molar-refractivity contribution in [1.82, 2.24) is 10.2 Å². The van der Waals surface area contributed by atoms with Gasteiger partial charge in [0.2, 0.25) is 0 Å². The summed E-state index contributed by atoms with van der Waals surface area (Å²) in [6, 6.07) is 8.21. The van der Waals surface area contributed by atoms with Crippen LogP contribution in [0.15, 0.2) is 24.3 Å². The van der Waals surface area contributed by atoms with Gasteiger partial charge in [0, 0.05) is 18.2 Å². The zero-order valence-electron chi connectivity index (χ0n) is 12.9. The van der Waals surface area contributed by atoms with E-state index in [0.717, 1.165) is 17.7 Å². The SMILES string of the molecule is Cc1cccc(C(=O)NCC(C(C)C)N2CCCC2)c1. The smallest absolute Gasteiger partial charge is 0.251 e. The predicted octanol–water partition coefficient (Wildman–Crippen LogP) is 2.85. The van der Waals surface area contributed by atoms with E-state index < -0.39 is 0 Å². The minimum absolute atomic E-state index is 0.0403. The molecule has 1 saturated heterocycles. The Bertz CT molecular complexity index is 450. The molecule has 1 aromatic carbocycles. The minimum Gasteiger partial charge on any atom is -0.350 e. The molecule has 0 aliphatic carbocycles. The zero-order valence-corrected chi connectivity index (χ0v) is 12.9. The Morgan fingerprint density at radius 3 is 2.60 bits per heavy atom. The number of nitrogens with zero attached hydrogens (tertiary/aromatic N) is 1. The van der Waals surface area contributed by atoms with Gasteiger partial charge in [-0.05, 0) is 50.9 Å². The second-order valence-electron chi connectivity index (χ2n) is 6.13. The Hall–Kier alpha value is -1.35. The van der Waals surface area contributed by atoms with Gasteiger partial charge in [-0.3, -0.25) is 9.69 Å². The summed E-state index contributed by atoms with van der Waals surface area (Å²) in [7, 11) is 0. The summed E-state index contributed by atoms with van der Waals surface area (Å²) in [5.41, 5.74) is 1.88. The van der Waals surface area contributed by atoms with Gasteiger partial charge in [-0.25, -0.2) is 0 Å². The fourth-order valence-electron chi connectivity index (χ4n) is 2.95. The maximum atomic E-state index is 12.2. The van der Waals surface area contributed by atoms with Crippen molar-refractivity contribution in [3.05, 3.63) is 35.4 Å². The number of benzene rings is 1. The Balaban J connectivity index is 1.93. The van der Waals surface area contributed by atoms with Crippen LogP contribution in [0.3, 0.4) is 0 Å². The average molecular weight is 274 g/mol. The highest BCUT2D eigenvalue weighted by atomic mass is 16.1. The summed E-state index contributed by atoms with van der Waals surface area (Å²) in [6.07, 6.45) is 2.57. The molecule has 3 heteroatoms. The minimum atomic E-state index is 0.0403. The van der Waals surface area contributed by atoms with E-state index in [4.69, 9.17) is 0 Å². The van der Waals surface area contributed by atoms with Crippen LogP contribution >= 0.6 is 0 Å². The molecular formula is C17H26N2O. The van der Waals surface area contributed by atoms with Crippen molar-refractivity contribution in [3.8, 4) is 0 Å². The van der Waals surface area contributed by atoms with E-state index in [9.17, 15) is 4.79 Å². The number of rotatable bonds is 5. The van der Waals surface area contributed by atoms with Crippen molar-refractivity contribution in [2.24, 2.45) is 5.92 Å². The third-order valence-corrected chi connectivity index (χ3v) is 4.13. The first-order chi connectivity index (χ1) is 9.58. The summed E-state index contributed by atoms with van der Waals surface area (Å²) >= 11 is 0. The fourth-order valence-corrected chi connectivity index (χ4v) is 2.95. The first kappa shape index (κ1) is 15.0. The van der Waals surface area contributed by atoms with Gasteiger partial charge in [-0.15, -0.1) is 0 Å². The van der Waals surface area contributed by atoms with E-state index in [-0.39, 0.29) is 5.91 Å². The van der Waals surface area contributed by atoms with E-state index in [2.05, 4.69) is 24.1 Å². The maximum Gasteiger partial charge on any atom is 0.251 e. The third kappa shape index (κ3) is 3.83. The molecule has 0 bridgehead atoms. The van der Waals surface area contributed by atoms with E-state index in [1.165, 1.54) is 25.9 Å². The molecule has 110 valence electrons. The van der Waals surface area contributed by atoms with E-state index >= 15 is 0 Å². The summed E-state index contributed by atoms with van der Waals surface area (Å²) in [5.74, 6) is 0.601. The monoisotopic (exact) mass is 274 g/mol. The number of hydrogen-bond acceptors (Lipinski definition) is 2. The molecule has 2 rings (SSSR count). The van der Waals surface area contributed by atoms with Gasteiger partial charge in [0.05, 0.1) is 0 Å². The summed E-state index contributed by atoms with van der Waals surface area (Å²) in [5, 5.41) is 3.10. The lowest BCUT2D eigenvalue weighted by Gasteiger charge is -2.31. The van der Waals surface area contributed by atoms with Crippen molar-refractivity contribution in [2.75, 3.05) is 19.6 Å². The van der Waals surface area contributed by atoms with Gasteiger partial charge in [0.15, 0.2) is 0 Å². The normalized spacial score (nSPS) is 17.4. The Labute approximate surface area is 122 Å². The molecule has 1 aliphatic rings. The number of nitrogens with one attached hydrogen (secondary N) is 1. The first-order valence-corrected chi connectivity index (χ1v) is 7.67. The number of amides is 1. The van der Waals surface area contributed by atoms with Gasteiger partial charge in [0.25, 0.3) is 5.91 Å². The summed E-state index contributed by atoms with van der Waals surface area (Å²) in [4.78, 5) is 14.7. The highest BCUT2D eigenvalue weighted by molar-refractivity contribution is 5.94. The Morgan fingerprint density at radius 2 is 2.00 bits per heavy atom. The van der Waals surface area contributed by atoms with E-state index in [1.54, 1.807) is 0 Å². The van der Waals surface area contributed by atoms with E-state index in [1.807, 2.05) is 31.2 Å². The molecule has 1 aliphatic heterocycles. The van der Waals surface area contributed by atoms with Crippen LogP contribution in [0.1, 0.15) is 42.6 Å². The van der Waals surface area contributed by atoms with Crippen LogP contribution in [0.4, 0.5) is 0 Å². The second-order valence-corrected chi connectivity index (χ2v) is 6.13. The number of likely N-dealkylation sites (tertiary alicyclic amines) is 1. The molecule has 1 unspecified atom stereocenters. The third-order valence-electron chi connectivity index (χ3n) is 4.13. The molecule has 0 aromatic heterocycles. The molecule has 1 amide bonds. The van der Waals surface area contributed by atoms with Gasteiger partial charge >= 0.3 is 0 Å². The average Bonchev–Trinajstić information content (AvgIpc) is 2.92. The van der Waals surface area contributed by atoms with Crippen LogP contribution in [-0.2, 0) is 0 Å². The zero-order chi connectivity index (χ0) is 14.5. The van der Waals surface area contributed by atoms with Crippen molar-refractivity contribution in [3.63, 3.8) is 0 Å². The number of hydrogen-bond donors (Lipinski definition) is 1. The number of carbonyl (C=O) groups is 1. The van der Waals surface area contributed by atoms with Gasteiger partial charge in [-0.1, -0.05) is 31.5 Å². The summed E-state index contributed by atoms with van der Waals surface area (Å²) < 4.78 is 0. The Morgan fingerprint density at radius 1 is 1.30 bits per heavy atom. The van der Waals surface area contributed by atoms with Crippen LogP contribution in [0, 0.1) is 12.8 Å². The molecule has 0 saturated carbocycles. The lowest BCUT2D eigenvalue weighted by atomic mass is 10.0. The van der Waals surface area contributed by atoms with Crippen LogP contribution < -0.4 is 5.32 Å². The number of carbonyl (C=O) groups excluding carboxylic acids is 1. The molecule has 1 N–H and O–H groups in total. The van der Waals surface area contributed by atoms with Gasteiger partial charge in [0.1, 0.15) is 0 Å². The van der Waals surface area contributed by atoms with Crippen molar-refractivity contribution in [2.45, 2.75) is 39.7 Å². The molecule has 0 radical (unpaired) electrons. The van der Waals surface area contributed by atoms with Crippen LogP contribution in [-0.4, -0.2) is 36.5 Å². The van der Waals surface area contributed by atoms with Gasteiger partial charge < -0.3 is 5.32 Å². The molecule has 0 spiro atoms. The molecule has 1 atom stereocenters. The lowest BCUT2D eigenvalue weighted by molar-refractivity contribution is 0.0927. The molecule has 1 fully saturated rings. The van der Waals surface area contributed by atoms with Crippen molar-refractivity contribution < 1.29 is 4.79 Å². The largest absolute Gasteiger partial charge is 0.350 e. The highest BCUT2D eigenvalue weighted by Crippen LogP contribution is 2.17. The molecule has 1 aromatic rings. The van der Waals surface area contributed by atoms with E-state index in [0.29, 0.717) is 12.0 Å². The highest BCUT2D eigenvalue weighted by Gasteiger charge is 2.24. The fraction of sp³-hybridized carbons (Fsp3) is 0.588. The molecule has 20 heavy (non-hydrogen) atoms. The van der Waals surface area contributed by atoms with Crippen LogP contribution in [0.5, 0.6) is 0 Å². The maximum absolute atomic E-state index is 12.2. The van der Waals surface area contributed by atoms with Crippen molar-refractivity contribution in [1.29, 1.82) is 0 Å². The molecule has 1 heterocycles. The summed E-state index contributed by atoms with van der Waals surface area (Å²) in [6.45, 7) is 9.57. The molecular weight excluding hydrogens is 248 g/mol. The standard InChI is InChI=1S/C17H26N2O/c1-13(2)16(19-9-4-5-10-19)12-18-17(20)15-8-6-7-14(3)11-15/h6-8,11,13,16H,4-5,9-10,12H2,1-3H3,(H,18,20). The quantitative estimate of drug-likeness (QED) is 0.895. The topological polar surface area (TPSA) is 32.3 Å². The van der Waals surface area contributed by atoms with Gasteiger partial charge in [-0.2, -0.15) is 0 Å². The van der Waals surface area contributed by atoms with Crippen LogP contribution in [0.25, 0.3) is 0 Å². The predicted molar refractivity (Wildman–Crippen MR) is 82.9 cm³/mol. The second kappa shape index (κ2) is 6.89. The van der Waals surface area contributed by atoms with Crippen molar-refractivity contribution >= 4 is 5.91 Å².